The number of amides is 3. The quantitative estimate of drug-likeness (QED) is 0.237. The van der Waals surface area contributed by atoms with Crippen LogP contribution in [-0.2, 0) is 11.0 Å². The van der Waals surface area contributed by atoms with Gasteiger partial charge in [-0.05, 0) is 56.6 Å². The van der Waals surface area contributed by atoms with Gasteiger partial charge in [0.05, 0.1) is 17.3 Å². The van der Waals surface area contributed by atoms with Crippen molar-refractivity contribution in [1.82, 2.24) is 14.9 Å². The summed E-state index contributed by atoms with van der Waals surface area (Å²) < 4.78 is 76.2. The highest BCUT2D eigenvalue weighted by atomic mass is 19.4. The first-order valence-electron chi connectivity index (χ1n) is 13.4. The highest BCUT2D eigenvalue weighted by molar-refractivity contribution is 6.00. The van der Waals surface area contributed by atoms with Crippen LogP contribution in [0.3, 0.4) is 0 Å². The Morgan fingerprint density at radius 3 is 2.44 bits per heavy atom. The van der Waals surface area contributed by atoms with E-state index < -0.39 is 35.8 Å². The number of rotatable bonds is 8. The maximum atomic E-state index is 14.7. The molecule has 15 heteroatoms. The van der Waals surface area contributed by atoms with Crippen molar-refractivity contribution in [3.8, 4) is 11.6 Å². The normalized spacial score (nSPS) is 18.9. The fourth-order valence-corrected chi connectivity index (χ4v) is 4.50. The van der Waals surface area contributed by atoms with Crippen molar-refractivity contribution in [2.45, 2.75) is 37.7 Å². The number of halogens is 5. The monoisotopic (exact) mass is 605 g/mol. The van der Waals surface area contributed by atoms with Crippen LogP contribution in [0.15, 0.2) is 48.8 Å². The summed E-state index contributed by atoms with van der Waals surface area (Å²) in [5.41, 5.74) is -1.86. The molecule has 43 heavy (non-hydrogen) atoms. The van der Waals surface area contributed by atoms with E-state index >= 15 is 0 Å². The van der Waals surface area contributed by atoms with Gasteiger partial charge in [-0.3, -0.25) is 4.79 Å². The maximum Gasteiger partial charge on any atom is 0.418 e. The zero-order valence-electron chi connectivity index (χ0n) is 22.8. The summed E-state index contributed by atoms with van der Waals surface area (Å²) in [6.07, 6.45) is -3.01. The zero-order valence-corrected chi connectivity index (χ0v) is 22.8. The number of carbonyl (C=O) groups excluding carboxylic acids is 2. The second kappa shape index (κ2) is 12.4. The molecule has 1 aliphatic carbocycles. The molecule has 10 nitrogen and oxygen atoms in total. The number of nitrogens with one attached hydrogen (secondary N) is 4. The minimum absolute atomic E-state index is 0.0275. The molecule has 1 saturated heterocycles. The molecule has 228 valence electrons. The highest BCUT2D eigenvalue weighted by Gasteiger charge is 2.36. The molecule has 2 atom stereocenters. The molecule has 2 heterocycles. The molecular formula is C28H28F5N7O3. The molecule has 3 amide bonds. The van der Waals surface area contributed by atoms with Gasteiger partial charge in [-0.25, -0.2) is 23.5 Å². The summed E-state index contributed by atoms with van der Waals surface area (Å²) in [7, 11) is 1.73. The summed E-state index contributed by atoms with van der Waals surface area (Å²) in [4.78, 5) is 34.1. The van der Waals surface area contributed by atoms with Crippen LogP contribution in [0.25, 0.3) is 0 Å². The standard InChI is InChI=1S/C28H28F5N7O3/c1-40-9-8-23(20(30)13-40)37-21-6-4-16(10-18(21)28(31,32)33)36-27(42)38-22-7-5-17(11-19(22)29)43-25-12-24(34-14-35-25)39-26(41)15-2-3-15/h4-7,10-12,14-15,20,23,37H,2-3,8-9,13H2,1H3,(H2,36,38,42)(H,34,35,39,41)/t20-,23+/m1/s1. The molecule has 1 aromatic heterocycles. The largest absolute Gasteiger partial charge is 0.439 e. The Bertz CT molecular complexity index is 1500. The van der Waals surface area contributed by atoms with Gasteiger partial charge in [-0.1, -0.05) is 0 Å². The van der Waals surface area contributed by atoms with E-state index in [0.717, 1.165) is 31.0 Å². The Kier molecular flexibility index (Phi) is 8.62. The lowest BCUT2D eigenvalue weighted by molar-refractivity contribution is -0.137. The van der Waals surface area contributed by atoms with Crippen LogP contribution in [-0.4, -0.2) is 59.2 Å². The third kappa shape index (κ3) is 7.85. The van der Waals surface area contributed by atoms with Gasteiger partial charge in [0.2, 0.25) is 11.8 Å². The van der Waals surface area contributed by atoms with E-state index in [1.54, 1.807) is 11.9 Å². The molecule has 2 aromatic carbocycles. The van der Waals surface area contributed by atoms with Gasteiger partial charge in [0.1, 0.15) is 29.9 Å². The van der Waals surface area contributed by atoms with Crippen LogP contribution < -0.4 is 26.0 Å². The first-order valence-corrected chi connectivity index (χ1v) is 13.4. The molecular weight excluding hydrogens is 577 g/mol. The fourth-order valence-electron chi connectivity index (χ4n) is 4.50. The molecule has 5 rings (SSSR count). The summed E-state index contributed by atoms with van der Waals surface area (Å²) in [6.45, 7) is 0.633. The second-order valence-electron chi connectivity index (χ2n) is 10.4. The van der Waals surface area contributed by atoms with Crippen LogP contribution in [0.1, 0.15) is 24.8 Å². The number of carbonyl (C=O) groups is 2. The Morgan fingerprint density at radius 1 is 0.977 bits per heavy atom. The van der Waals surface area contributed by atoms with Crippen molar-refractivity contribution in [2.75, 3.05) is 41.4 Å². The van der Waals surface area contributed by atoms with Gasteiger partial charge in [0.15, 0.2) is 0 Å². The van der Waals surface area contributed by atoms with Gasteiger partial charge in [-0.15, -0.1) is 0 Å². The molecule has 1 aliphatic heterocycles. The number of hydrogen-bond acceptors (Lipinski definition) is 7. The molecule has 1 saturated carbocycles. The Morgan fingerprint density at radius 2 is 1.74 bits per heavy atom. The number of ether oxygens (including phenoxy) is 1. The smallest absolute Gasteiger partial charge is 0.418 e. The van der Waals surface area contributed by atoms with E-state index in [1.165, 1.54) is 30.6 Å². The highest BCUT2D eigenvalue weighted by Crippen LogP contribution is 2.38. The molecule has 2 aliphatic rings. The van der Waals surface area contributed by atoms with Gasteiger partial charge >= 0.3 is 12.2 Å². The van der Waals surface area contributed by atoms with E-state index in [1.807, 2.05) is 0 Å². The average molecular weight is 606 g/mol. The molecule has 0 unspecified atom stereocenters. The third-order valence-electron chi connectivity index (χ3n) is 6.92. The van der Waals surface area contributed by atoms with Gasteiger partial charge in [-0.2, -0.15) is 13.2 Å². The predicted molar refractivity (Wildman–Crippen MR) is 148 cm³/mol. The first kappa shape index (κ1) is 29.9. The van der Waals surface area contributed by atoms with E-state index in [9.17, 15) is 31.5 Å². The predicted octanol–water partition coefficient (Wildman–Crippen LogP) is 5.87. The molecule has 4 N–H and O–H groups in total. The molecule has 3 aromatic rings. The third-order valence-corrected chi connectivity index (χ3v) is 6.92. The number of nitrogens with zero attached hydrogens (tertiary/aromatic N) is 3. The molecule has 2 fully saturated rings. The van der Waals surface area contributed by atoms with E-state index in [2.05, 4.69) is 31.2 Å². The van der Waals surface area contributed by atoms with Crippen molar-refractivity contribution < 1.29 is 36.3 Å². The topological polar surface area (TPSA) is 121 Å². The van der Waals surface area contributed by atoms with Crippen molar-refractivity contribution >= 4 is 34.8 Å². The van der Waals surface area contributed by atoms with Crippen molar-refractivity contribution in [1.29, 1.82) is 0 Å². The van der Waals surface area contributed by atoms with Gasteiger partial charge in [0, 0.05) is 42.5 Å². The Labute approximate surface area is 243 Å². The SMILES string of the molecule is CN1CC[C@H](Nc2ccc(NC(=O)Nc3ccc(Oc4cc(NC(=O)C5CC5)ncn4)cc3F)cc2C(F)(F)F)[C@H](F)C1. The number of anilines is 4. The summed E-state index contributed by atoms with van der Waals surface area (Å²) >= 11 is 0. The van der Waals surface area contributed by atoms with Crippen molar-refractivity contribution in [2.24, 2.45) is 5.92 Å². The van der Waals surface area contributed by atoms with E-state index in [-0.39, 0.29) is 52.9 Å². The van der Waals surface area contributed by atoms with Crippen molar-refractivity contribution in [3.05, 3.63) is 60.2 Å². The number of alkyl halides is 4. The lowest BCUT2D eigenvalue weighted by atomic mass is 10.0. The molecule has 0 radical (unpaired) electrons. The maximum absolute atomic E-state index is 14.7. The lowest BCUT2D eigenvalue weighted by Crippen LogP contribution is -2.46. The second-order valence-corrected chi connectivity index (χ2v) is 10.4. The van der Waals surface area contributed by atoms with Crippen molar-refractivity contribution in [3.63, 3.8) is 0 Å². The van der Waals surface area contributed by atoms with Crippen LogP contribution in [0.2, 0.25) is 0 Å². The van der Waals surface area contributed by atoms with Crippen LogP contribution in [0, 0.1) is 11.7 Å². The Hall–Kier alpha value is -4.53. The average Bonchev–Trinajstić information content (AvgIpc) is 3.78. The van der Waals surface area contributed by atoms with Crippen LogP contribution in [0.4, 0.5) is 49.6 Å². The summed E-state index contributed by atoms with van der Waals surface area (Å²) in [5, 5.41) is 9.80. The molecule has 0 spiro atoms. The zero-order chi connectivity index (χ0) is 30.7. The van der Waals surface area contributed by atoms with Crippen LogP contribution >= 0.6 is 0 Å². The fraction of sp³-hybridized carbons (Fsp3) is 0.357. The van der Waals surface area contributed by atoms with Gasteiger partial charge < -0.3 is 30.9 Å². The number of likely N-dealkylation sites (tertiary alicyclic amines) is 1. The summed E-state index contributed by atoms with van der Waals surface area (Å²) in [6, 6.07) is 6.17. The lowest BCUT2D eigenvalue weighted by Gasteiger charge is -2.33. The number of urea groups is 1. The Balaban J connectivity index is 1.21. The minimum atomic E-state index is -4.79. The summed E-state index contributed by atoms with van der Waals surface area (Å²) in [5.74, 6) is -0.793. The van der Waals surface area contributed by atoms with Gasteiger partial charge in [0.25, 0.3) is 0 Å². The first-order chi connectivity index (χ1) is 20.4. The molecule has 0 bridgehead atoms. The number of benzene rings is 2. The number of aromatic nitrogens is 2. The van der Waals surface area contributed by atoms with E-state index in [0.29, 0.717) is 13.0 Å². The minimum Gasteiger partial charge on any atom is -0.439 e. The number of piperidine rings is 1. The number of hydrogen-bond donors (Lipinski definition) is 4. The van der Waals surface area contributed by atoms with E-state index in [4.69, 9.17) is 4.74 Å². The van der Waals surface area contributed by atoms with Crippen LogP contribution in [0.5, 0.6) is 11.6 Å².